The predicted molar refractivity (Wildman–Crippen MR) is 60.9 cm³/mol. The van der Waals surface area contributed by atoms with Gasteiger partial charge in [-0.15, -0.1) is 0 Å². The molecule has 0 aliphatic heterocycles. The van der Waals surface area contributed by atoms with Crippen molar-refractivity contribution in [2.45, 2.75) is 32.4 Å². The number of rotatable bonds is 5. The van der Waals surface area contributed by atoms with Crippen molar-refractivity contribution in [3.63, 3.8) is 0 Å². The summed E-state index contributed by atoms with van der Waals surface area (Å²) in [4.78, 5) is 0. The Morgan fingerprint density at radius 1 is 1.24 bits per heavy atom. The molecule has 0 amide bonds. The fourth-order valence-electron chi connectivity index (χ4n) is 1.43. The lowest BCUT2D eigenvalue weighted by Gasteiger charge is -2.14. The third kappa shape index (κ3) is 4.17. The van der Waals surface area contributed by atoms with E-state index in [1.54, 1.807) is 0 Å². The quantitative estimate of drug-likeness (QED) is 0.633. The van der Waals surface area contributed by atoms with Gasteiger partial charge in [0.1, 0.15) is 5.75 Å². The zero-order valence-electron chi connectivity index (χ0n) is 9.68. The molecule has 1 aromatic rings. The van der Waals surface area contributed by atoms with Gasteiger partial charge in [-0.3, -0.25) is 0 Å². The van der Waals surface area contributed by atoms with Gasteiger partial charge in [0.15, 0.2) is 0 Å². The summed E-state index contributed by atoms with van der Waals surface area (Å²) in [6.45, 7) is 2.31. The van der Waals surface area contributed by atoms with E-state index in [-0.39, 0.29) is 11.4 Å². The summed E-state index contributed by atoms with van der Waals surface area (Å²) in [7, 11) is 0. The van der Waals surface area contributed by atoms with Gasteiger partial charge in [0.2, 0.25) is 0 Å². The summed E-state index contributed by atoms with van der Waals surface area (Å²) in [5, 5.41) is 0. The summed E-state index contributed by atoms with van der Waals surface area (Å²) in [6.07, 6.45) is -1.75. The maximum Gasteiger partial charge on any atom is 0.420 e. The lowest BCUT2D eigenvalue weighted by atomic mass is 10.1. The standard InChI is InChI=1S/C12H16F3NO/c1-2-3-4-7-17-11-6-5-9(16)8-10(11)12(13,14)15/h5-6,8H,2-4,7,16H2,1H3. The number of anilines is 1. The van der Waals surface area contributed by atoms with Crippen molar-refractivity contribution < 1.29 is 17.9 Å². The zero-order chi connectivity index (χ0) is 12.9. The average molecular weight is 247 g/mol. The normalized spacial score (nSPS) is 11.5. The van der Waals surface area contributed by atoms with Crippen LogP contribution in [0.3, 0.4) is 0 Å². The lowest BCUT2D eigenvalue weighted by Crippen LogP contribution is -2.10. The Bertz CT molecular complexity index is 363. The molecule has 1 rings (SSSR count). The van der Waals surface area contributed by atoms with E-state index in [4.69, 9.17) is 10.5 Å². The predicted octanol–water partition coefficient (Wildman–Crippen LogP) is 3.86. The topological polar surface area (TPSA) is 35.2 Å². The number of nitrogen functional groups attached to an aromatic ring is 1. The van der Waals surface area contributed by atoms with Gasteiger partial charge in [-0.1, -0.05) is 19.8 Å². The van der Waals surface area contributed by atoms with E-state index in [9.17, 15) is 13.2 Å². The number of ether oxygens (including phenoxy) is 1. The number of nitrogens with two attached hydrogens (primary N) is 1. The van der Waals surface area contributed by atoms with E-state index in [2.05, 4.69) is 0 Å². The van der Waals surface area contributed by atoms with Crippen LogP contribution in [-0.4, -0.2) is 6.61 Å². The molecule has 0 spiro atoms. The van der Waals surface area contributed by atoms with Crippen LogP contribution in [0.25, 0.3) is 0 Å². The number of benzene rings is 1. The molecule has 2 nitrogen and oxygen atoms in total. The third-order valence-corrected chi connectivity index (χ3v) is 2.31. The molecule has 0 aliphatic carbocycles. The Morgan fingerprint density at radius 3 is 2.53 bits per heavy atom. The molecule has 0 saturated carbocycles. The van der Waals surface area contributed by atoms with Crippen LogP contribution in [0.15, 0.2) is 18.2 Å². The van der Waals surface area contributed by atoms with Crippen LogP contribution in [0.4, 0.5) is 18.9 Å². The summed E-state index contributed by atoms with van der Waals surface area (Å²) in [6, 6.07) is 3.57. The van der Waals surface area contributed by atoms with Gasteiger partial charge in [-0.05, 0) is 24.6 Å². The first-order valence-corrected chi connectivity index (χ1v) is 5.54. The summed E-state index contributed by atoms with van der Waals surface area (Å²) in [5.41, 5.74) is 4.62. The second kappa shape index (κ2) is 5.80. The summed E-state index contributed by atoms with van der Waals surface area (Å²) in [5.74, 6) is -0.150. The summed E-state index contributed by atoms with van der Waals surface area (Å²) >= 11 is 0. The van der Waals surface area contributed by atoms with Crippen molar-refractivity contribution in [1.29, 1.82) is 0 Å². The van der Waals surface area contributed by atoms with E-state index in [0.717, 1.165) is 25.3 Å². The van der Waals surface area contributed by atoms with Crippen molar-refractivity contribution in [1.82, 2.24) is 0 Å². The molecule has 0 fully saturated rings. The summed E-state index contributed by atoms with van der Waals surface area (Å²) < 4.78 is 43.1. The largest absolute Gasteiger partial charge is 0.493 e. The van der Waals surface area contributed by atoms with Crippen molar-refractivity contribution in [3.05, 3.63) is 23.8 Å². The van der Waals surface area contributed by atoms with Crippen LogP contribution >= 0.6 is 0 Å². The van der Waals surface area contributed by atoms with Gasteiger partial charge < -0.3 is 10.5 Å². The molecule has 5 heteroatoms. The van der Waals surface area contributed by atoms with Gasteiger partial charge in [0.05, 0.1) is 12.2 Å². The van der Waals surface area contributed by atoms with Crippen molar-refractivity contribution in [2.75, 3.05) is 12.3 Å². The average Bonchev–Trinajstić information content (AvgIpc) is 2.25. The molecular weight excluding hydrogens is 231 g/mol. The monoisotopic (exact) mass is 247 g/mol. The fraction of sp³-hybridized carbons (Fsp3) is 0.500. The first-order chi connectivity index (χ1) is 7.95. The minimum Gasteiger partial charge on any atom is -0.493 e. The minimum atomic E-state index is -4.44. The van der Waals surface area contributed by atoms with E-state index in [1.807, 2.05) is 6.92 Å². The van der Waals surface area contributed by atoms with Crippen LogP contribution in [0.2, 0.25) is 0 Å². The van der Waals surface area contributed by atoms with E-state index in [0.29, 0.717) is 6.61 Å². The highest BCUT2D eigenvalue weighted by atomic mass is 19.4. The van der Waals surface area contributed by atoms with E-state index < -0.39 is 11.7 Å². The maximum atomic E-state index is 12.7. The Labute approximate surface area is 98.6 Å². The molecule has 17 heavy (non-hydrogen) atoms. The molecular formula is C12H16F3NO. The third-order valence-electron chi connectivity index (χ3n) is 2.31. The van der Waals surface area contributed by atoms with Gasteiger partial charge >= 0.3 is 6.18 Å². The second-order valence-corrected chi connectivity index (χ2v) is 3.81. The van der Waals surface area contributed by atoms with Gasteiger partial charge in [0, 0.05) is 5.69 Å². The van der Waals surface area contributed by atoms with E-state index >= 15 is 0 Å². The number of unbranched alkanes of at least 4 members (excludes halogenated alkanes) is 2. The SMILES string of the molecule is CCCCCOc1ccc(N)cc1C(F)(F)F. The molecule has 0 radical (unpaired) electrons. The highest BCUT2D eigenvalue weighted by molar-refractivity contribution is 5.49. The first-order valence-electron chi connectivity index (χ1n) is 5.54. The van der Waals surface area contributed by atoms with Gasteiger partial charge in [-0.2, -0.15) is 13.2 Å². The minimum absolute atomic E-state index is 0.0817. The smallest absolute Gasteiger partial charge is 0.420 e. The molecule has 96 valence electrons. The number of hydrogen-bond acceptors (Lipinski definition) is 2. The van der Waals surface area contributed by atoms with Gasteiger partial charge in [0.25, 0.3) is 0 Å². The Morgan fingerprint density at radius 2 is 1.94 bits per heavy atom. The molecule has 0 unspecified atom stereocenters. The highest BCUT2D eigenvalue weighted by Gasteiger charge is 2.34. The van der Waals surface area contributed by atoms with Crippen LogP contribution in [-0.2, 0) is 6.18 Å². The molecule has 2 N–H and O–H groups in total. The lowest BCUT2D eigenvalue weighted by molar-refractivity contribution is -0.138. The molecule has 0 bridgehead atoms. The van der Waals surface area contributed by atoms with Gasteiger partial charge in [-0.25, -0.2) is 0 Å². The molecule has 0 saturated heterocycles. The molecule has 0 heterocycles. The van der Waals surface area contributed by atoms with Crippen LogP contribution in [0.1, 0.15) is 31.7 Å². The number of alkyl halides is 3. The van der Waals surface area contributed by atoms with Crippen LogP contribution in [0, 0.1) is 0 Å². The number of hydrogen-bond donors (Lipinski definition) is 1. The van der Waals surface area contributed by atoms with Crippen molar-refractivity contribution in [3.8, 4) is 5.75 Å². The highest BCUT2D eigenvalue weighted by Crippen LogP contribution is 2.37. The number of halogens is 3. The van der Waals surface area contributed by atoms with Crippen molar-refractivity contribution in [2.24, 2.45) is 0 Å². The Hall–Kier alpha value is -1.39. The molecule has 0 aromatic heterocycles. The maximum absolute atomic E-state index is 12.7. The van der Waals surface area contributed by atoms with Crippen LogP contribution in [0.5, 0.6) is 5.75 Å². The first kappa shape index (κ1) is 13.7. The fourth-order valence-corrected chi connectivity index (χ4v) is 1.43. The zero-order valence-corrected chi connectivity index (χ0v) is 9.68. The van der Waals surface area contributed by atoms with Crippen molar-refractivity contribution >= 4 is 5.69 Å². The van der Waals surface area contributed by atoms with Crippen LogP contribution < -0.4 is 10.5 Å². The molecule has 0 aliphatic rings. The second-order valence-electron chi connectivity index (χ2n) is 3.81. The van der Waals surface area contributed by atoms with E-state index in [1.165, 1.54) is 12.1 Å². The molecule has 0 atom stereocenters. The Balaban J connectivity index is 2.77. The molecule has 1 aromatic carbocycles. The Kier molecular flexibility index (Phi) is 4.66.